The molecule has 0 radical (unpaired) electrons. The summed E-state index contributed by atoms with van der Waals surface area (Å²) in [6.07, 6.45) is 0. The van der Waals surface area contributed by atoms with E-state index >= 15 is 0 Å². The lowest BCUT2D eigenvalue weighted by Gasteiger charge is -2.17. The van der Waals surface area contributed by atoms with E-state index in [-0.39, 0.29) is 23.0 Å². The van der Waals surface area contributed by atoms with Gasteiger partial charge in [0, 0.05) is 10.6 Å². The van der Waals surface area contributed by atoms with Crippen LogP contribution in [0, 0.1) is 5.82 Å². The molecule has 1 amide bonds. The van der Waals surface area contributed by atoms with Crippen molar-refractivity contribution in [1.29, 1.82) is 0 Å². The molecule has 23 heavy (non-hydrogen) atoms. The van der Waals surface area contributed by atoms with Crippen LogP contribution in [-0.2, 0) is 4.79 Å². The summed E-state index contributed by atoms with van der Waals surface area (Å²) in [6, 6.07) is 11.1. The van der Waals surface area contributed by atoms with E-state index in [0.717, 1.165) is 5.56 Å². The highest BCUT2D eigenvalue weighted by atomic mass is 35.5. The van der Waals surface area contributed by atoms with E-state index in [1.165, 1.54) is 18.2 Å². The fourth-order valence-corrected chi connectivity index (χ4v) is 2.67. The minimum atomic E-state index is -0.442. The van der Waals surface area contributed by atoms with Crippen LogP contribution in [0.1, 0.15) is 25.5 Å². The fraction of sp³-hybridized carbons (Fsp3) is 0.235. The van der Waals surface area contributed by atoms with Gasteiger partial charge in [-0.25, -0.2) is 4.39 Å². The third-order valence-corrected chi connectivity index (χ3v) is 4.10. The minimum absolute atomic E-state index is 0.0677. The van der Waals surface area contributed by atoms with Crippen LogP contribution in [0.25, 0.3) is 0 Å². The van der Waals surface area contributed by atoms with Crippen molar-refractivity contribution in [2.45, 2.75) is 25.9 Å². The SMILES string of the molecule is C[C@H]([NH2+][C@H](C)c1cccc(Cl)c1)C(=O)Nc1ccc(F)cc1Cl. The second kappa shape index (κ2) is 7.77. The molecule has 0 saturated heterocycles. The van der Waals surface area contributed by atoms with Crippen molar-refractivity contribution in [3.63, 3.8) is 0 Å². The fourth-order valence-electron chi connectivity index (χ4n) is 2.26. The molecule has 2 aromatic carbocycles. The van der Waals surface area contributed by atoms with Crippen molar-refractivity contribution >= 4 is 34.8 Å². The van der Waals surface area contributed by atoms with Gasteiger partial charge in [0.25, 0.3) is 5.91 Å². The van der Waals surface area contributed by atoms with Gasteiger partial charge in [0.1, 0.15) is 11.9 Å². The number of hydrogen-bond donors (Lipinski definition) is 2. The first kappa shape index (κ1) is 17.7. The van der Waals surface area contributed by atoms with Gasteiger partial charge in [0.05, 0.1) is 10.7 Å². The van der Waals surface area contributed by atoms with Crippen molar-refractivity contribution in [3.8, 4) is 0 Å². The largest absolute Gasteiger partial charge is 0.330 e. The molecule has 0 unspecified atom stereocenters. The highest BCUT2D eigenvalue weighted by molar-refractivity contribution is 6.33. The number of amides is 1. The summed E-state index contributed by atoms with van der Waals surface area (Å²) in [6.45, 7) is 3.80. The van der Waals surface area contributed by atoms with Crippen LogP contribution in [0.15, 0.2) is 42.5 Å². The number of halogens is 3. The summed E-state index contributed by atoms with van der Waals surface area (Å²) >= 11 is 11.9. The normalized spacial score (nSPS) is 13.4. The third-order valence-electron chi connectivity index (χ3n) is 3.55. The molecule has 0 aliphatic rings. The number of benzene rings is 2. The van der Waals surface area contributed by atoms with Crippen LogP contribution in [0.4, 0.5) is 10.1 Å². The van der Waals surface area contributed by atoms with E-state index in [0.29, 0.717) is 10.7 Å². The highest BCUT2D eigenvalue weighted by Crippen LogP contribution is 2.22. The van der Waals surface area contributed by atoms with Gasteiger partial charge in [-0.05, 0) is 44.2 Å². The molecule has 0 aliphatic carbocycles. The van der Waals surface area contributed by atoms with Crippen LogP contribution in [-0.4, -0.2) is 11.9 Å². The first-order chi connectivity index (χ1) is 10.9. The van der Waals surface area contributed by atoms with Crippen LogP contribution in [0.5, 0.6) is 0 Å². The Morgan fingerprint density at radius 3 is 2.57 bits per heavy atom. The van der Waals surface area contributed by atoms with E-state index in [4.69, 9.17) is 23.2 Å². The Kier molecular flexibility index (Phi) is 5.99. The van der Waals surface area contributed by atoms with E-state index in [1.807, 2.05) is 36.5 Å². The second-order valence-electron chi connectivity index (χ2n) is 5.44. The molecule has 0 fully saturated rings. The number of carbonyl (C=O) groups is 1. The van der Waals surface area contributed by atoms with E-state index < -0.39 is 5.82 Å². The highest BCUT2D eigenvalue weighted by Gasteiger charge is 2.21. The predicted molar refractivity (Wildman–Crippen MR) is 91.3 cm³/mol. The standard InChI is InChI=1S/C17H17Cl2FN2O/c1-10(12-4-3-5-13(18)8-12)21-11(2)17(23)22-16-7-6-14(20)9-15(16)19/h3-11,21H,1-2H3,(H,22,23)/p+1/t10-,11+/m1/s1. The molecule has 0 aliphatic heterocycles. The number of nitrogens with one attached hydrogen (secondary N) is 1. The first-order valence-electron chi connectivity index (χ1n) is 7.23. The van der Waals surface area contributed by atoms with Crippen molar-refractivity contribution < 1.29 is 14.5 Å². The monoisotopic (exact) mass is 355 g/mol. The quantitative estimate of drug-likeness (QED) is 0.841. The first-order valence-corrected chi connectivity index (χ1v) is 7.99. The van der Waals surface area contributed by atoms with Gasteiger partial charge < -0.3 is 10.6 Å². The molecule has 6 heteroatoms. The Hall–Kier alpha value is -1.62. The lowest BCUT2D eigenvalue weighted by molar-refractivity contribution is -0.709. The van der Waals surface area contributed by atoms with Crippen molar-refractivity contribution in [1.82, 2.24) is 0 Å². The van der Waals surface area contributed by atoms with E-state index in [2.05, 4.69) is 5.32 Å². The molecule has 0 bridgehead atoms. The maximum Gasteiger partial charge on any atom is 0.282 e. The molecule has 0 saturated carbocycles. The van der Waals surface area contributed by atoms with Crippen LogP contribution in [0.3, 0.4) is 0 Å². The summed E-state index contributed by atoms with van der Waals surface area (Å²) in [5.74, 6) is -0.644. The number of nitrogens with two attached hydrogens (primary N) is 1. The molecule has 0 spiro atoms. The van der Waals surface area contributed by atoms with E-state index in [1.54, 1.807) is 6.92 Å². The molecule has 2 atom stereocenters. The van der Waals surface area contributed by atoms with Gasteiger partial charge in [-0.1, -0.05) is 35.3 Å². The Labute approximate surface area is 144 Å². The zero-order chi connectivity index (χ0) is 17.0. The molecule has 3 N–H and O–H groups in total. The topological polar surface area (TPSA) is 45.7 Å². The Morgan fingerprint density at radius 2 is 1.91 bits per heavy atom. The number of rotatable bonds is 5. The molecule has 0 heterocycles. The number of carbonyl (C=O) groups excluding carboxylic acids is 1. The summed E-state index contributed by atoms with van der Waals surface area (Å²) < 4.78 is 13.0. The molecular formula is C17H18Cl2FN2O+. The zero-order valence-corrected chi connectivity index (χ0v) is 14.3. The van der Waals surface area contributed by atoms with Gasteiger partial charge in [-0.15, -0.1) is 0 Å². The summed E-state index contributed by atoms with van der Waals surface area (Å²) in [4.78, 5) is 12.3. The van der Waals surface area contributed by atoms with Crippen molar-refractivity contribution in [2.75, 3.05) is 5.32 Å². The lowest BCUT2D eigenvalue weighted by Crippen LogP contribution is -2.91. The molecule has 2 aromatic rings. The maximum absolute atomic E-state index is 13.0. The predicted octanol–water partition coefficient (Wildman–Crippen LogP) is 3.78. The average Bonchev–Trinajstić information content (AvgIpc) is 2.49. The lowest BCUT2D eigenvalue weighted by atomic mass is 10.1. The summed E-state index contributed by atoms with van der Waals surface area (Å²) in [7, 11) is 0. The number of anilines is 1. The van der Waals surface area contributed by atoms with Crippen LogP contribution >= 0.6 is 23.2 Å². The zero-order valence-electron chi connectivity index (χ0n) is 12.8. The summed E-state index contributed by atoms with van der Waals surface area (Å²) in [5, 5.41) is 5.48. The number of quaternary nitrogens is 1. The van der Waals surface area contributed by atoms with Crippen molar-refractivity contribution in [2.24, 2.45) is 0 Å². The molecule has 3 nitrogen and oxygen atoms in total. The Morgan fingerprint density at radius 1 is 1.17 bits per heavy atom. The maximum atomic E-state index is 13.0. The average molecular weight is 356 g/mol. The molecule has 2 rings (SSSR count). The Balaban J connectivity index is 1.99. The smallest absolute Gasteiger partial charge is 0.282 e. The van der Waals surface area contributed by atoms with Gasteiger partial charge >= 0.3 is 0 Å². The van der Waals surface area contributed by atoms with Crippen LogP contribution in [0.2, 0.25) is 10.0 Å². The van der Waals surface area contributed by atoms with Crippen LogP contribution < -0.4 is 10.6 Å². The number of hydrogen-bond acceptors (Lipinski definition) is 1. The third kappa shape index (κ3) is 4.93. The van der Waals surface area contributed by atoms with Crippen molar-refractivity contribution in [3.05, 3.63) is 63.9 Å². The Bertz CT molecular complexity index is 709. The van der Waals surface area contributed by atoms with Gasteiger partial charge in [-0.2, -0.15) is 0 Å². The van der Waals surface area contributed by atoms with Gasteiger partial charge in [0.15, 0.2) is 6.04 Å². The molecule has 0 aromatic heterocycles. The van der Waals surface area contributed by atoms with Gasteiger partial charge in [-0.3, -0.25) is 4.79 Å². The minimum Gasteiger partial charge on any atom is -0.330 e. The van der Waals surface area contributed by atoms with Gasteiger partial charge in [0.2, 0.25) is 0 Å². The summed E-state index contributed by atoms with van der Waals surface area (Å²) in [5.41, 5.74) is 1.44. The van der Waals surface area contributed by atoms with E-state index in [9.17, 15) is 9.18 Å². The molecule has 122 valence electrons. The second-order valence-corrected chi connectivity index (χ2v) is 6.28. The molecular weight excluding hydrogens is 338 g/mol.